The maximum absolute atomic E-state index is 9.59. The van der Waals surface area contributed by atoms with E-state index in [-0.39, 0.29) is 6.04 Å². The minimum Gasteiger partial charge on any atom is -0.337 e. The van der Waals surface area contributed by atoms with Crippen molar-refractivity contribution in [2.45, 2.75) is 25.3 Å². The second-order valence-corrected chi connectivity index (χ2v) is 11.1. The van der Waals surface area contributed by atoms with Crippen LogP contribution in [0.5, 0.6) is 0 Å². The monoisotopic (exact) mass is 538 g/mol. The molecule has 4 heteroatoms. The van der Waals surface area contributed by atoms with Gasteiger partial charge in [-0.25, -0.2) is 0 Å². The van der Waals surface area contributed by atoms with Gasteiger partial charge in [-0.2, -0.15) is 10.5 Å². The number of benzene rings is 4. The van der Waals surface area contributed by atoms with E-state index in [1.165, 1.54) is 38.9 Å². The molecule has 0 spiro atoms. The number of para-hydroxylation sites is 1. The Balaban J connectivity index is 1.30. The predicted molar refractivity (Wildman–Crippen MR) is 169 cm³/mol. The van der Waals surface area contributed by atoms with Crippen LogP contribution >= 0.6 is 0 Å². The molecular formula is C38H26N4. The van der Waals surface area contributed by atoms with Gasteiger partial charge in [0.15, 0.2) is 0 Å². The van der Waals surface area contributed by atoms with Crippen LogP contribution in [0, 0.1) is 22.7 Å². The number of hydrogen-bond acceptors (Lipinski definition) is 2. The fraction of sp³-hybridized carbons (Fsp3) is 0.105. The summed E-state index contributed by atoms with van der Waals surface area (Å²) in [7, 11) is 0. The van der Waals surface area contributed by atoms with Gasteiger partial charge < -0.3 is 9.13 Å². The van der Waals surface area contributed by atoms with E-state index in [1.807, 2.05) is 30.3 Å². The highest BCUT2D eigenvalue weighted by molar-refractivity contribution is 5.95. The second kappa shape index (κ2) is 9.51. The molecule has 2 aliphatic rings. The molecule has 0 radical (unpaired) electrons. The van der Waals surface area contributed by atoms with Crippen LogP contribution in [0.3, 0.4) is 0 Å². The van der Waals surface area contributed by atoms with Crippen molar-refractivity contribution in [3.05, 3.63) is 137 Å². The van der Waals surface area contributed by atoms with Gasteiger partial charge in [-0.1, -0.05) is 66.8 Å². The molecule has 4 aromatic carbocycles. The second-order valence-electron chi connectivity index (χ2n) is 11.1. The Labute approximate surface area is 244 Å². The van der Waals surface area contributed by atoms with Crippen molar-refractivity contribution in [2.24, 2.45) is 0 Å². The fourth-order valence-corrected chi connectivity index (χ4v) is 6.95. The van der Waals surface area contributed by atoms with E-state index in [9.17, 15) is 10.5 Å². The molecule has 2 aliphatic carbocycles. The standard InChI is InChI=1S/C38H26N4/c39-23-25-7-5-8-27(19-25)28-9-6-10-29(21-28)42-35-13-3-1-11-31(35)33-17-16-30(22-38(33)42)41-36-14-4-2-12-32(36)34-20-26(24-40)15-18-37(34)41/h1-3,5-13,15-21,30H,4,14,22H2. The molecule has 0 fully saturated rings. The van der Waals surface area contributed by atoms with E-state index < -0.39 is 0 Å². The third-order valence-electron chi connectivity index (χ3n) is 8.77. The summed E-state index contributed by atoms with van der Waals surface area (Å²) in [4.78, 5) is 0. The third kappa shape index (κ3) is 3.66. The highest BCUT2D eigenvalue weighted by Gasteiger charge is 2.28. The molecule has 0 amide bonds. The fourth-order valence-electron chi connectivity index (χ4n) is 6.95. The van der Waals surface area contributed by atoms with E-state index in [0.717, 1.165) is 41.5 Å². The van der Waals surface area contributed by atoms with E-state index in [1.54, 1.807) is 0 Å². The molecule has 42 heavy (non-hydrogen) atoms. The van der Waals surface area contributed by atoms with Gasteiger partial charge in [-0.05, 0) is 72.5 Å². The highest BCUT2D eigenvalue weighted by Crippen LogP contribution is 2.41. The number of allylic oxidation sites excluding steroid dienone is 2. The first-order chi connectivity index (χ1) is 20.7. The Bertz CT molecular complexity index is 2210. The summed E-state index contributed by atoms with van der Waals surface area (Å²) in [5.74, 6) is 0. The van der Waals surface area contributed by atoms with Gasteiger partial charge in [-0.3, -0.25) is 0 Å². The summed E-state index contributed by atoms with van der Waals surface area (Å²) in [6.07, 6.45) is 12.0. The molecule has 1 atom stereocenters. The van der Waals surface area contributed by atoms with Gasteiger partial charge in [0.25, 0.3) is 0 Å². The number of nitrogens with zero attached hydrogens (tertiary/aromatic N) is 4. The van der Waals surface area contributed by atoms with Crippen LogP contribution in [0.15, 0.2) is 103 Å². The minimum atomic E-state index is 0.154. The van der Waals surface area contributed by atoms with Crippen molar-refractivity contribution in [1.82, 2.24) is 9.13 Å². The van der Waals surface area contributed by atoms with Gasteiger partial charge in [0.2, 0.25) is 0 Å². The lowest BCUT2D eigenvalue weighted by Crippen LogP contribution is -2.18. The number of nitriles is 2. The van der Waals surface area contributed by atoms with Crippen LogP contribution in [0.2, 0.25) is 0 Å². The zero-order chi connectivity index (χ0) is 28.2. The van der Waals surface area contributed by atoms with E-state index in [2.05, 4.69) is 106 Å². The quantitative estimate of drug-likeness (QED) is 0.226. The largest absolute Gasteiger partial charge is 0.337 e. The molecule has 8 rings (SSSR count). The van der Waals surface area contributed by atoms with Crippen molar-refractivity contribution in [1.29, 1.82) is 10.5 Å². The smallest absolute Gasteiger partial charge is 0.0991 e. The first-order valence-corrected chi connectivity index (χ1v) is 14.4. The van der Waals surface area contributed by atoms with Crippen molar-refractivity contribution >= 4 is 34.0 Å². The normalized spacial score (nSPS) is 15.3. The number of fused-ring (bicyclic) bond motifs is 6. The number of rotatable bonds is 3. The molecule has 2 aromatic heterocycles. The van der Waals surface area contributed by atoms with Gasteiger partial charge in [0.1, 0.15) is 0 Å². The molecular weight excluding hydrogens is 512 g/mol. The van der Waals surface area contributed by atoms with Gasteiger partial charge in [0.05, 0.1) is 34.8 Å². The lowest BCUT2D eigenvalue weighted by atomic mass is 9.97. The Morgan fingerprint density at radius 2 is 1.45 bits per heavy atom. The zero-order valence-electron chi connectivity index (χ0n) is 23.0. The summed E-state index contributed by atoms with van der Waals surface area (Å²) >= 11 is 0. The topological polar surface area (TPSA) is 57.4 Å². The molecule has 0 aliphatic heterocycles. The van der Waals surface area contributed by atoms with Gasteiger partial charge in [0, 0.05) is 50.9 Å². The van der Waals surface area contributed by atoms with E-state index in [0.29, 0.717) is 11.1 Å². The molecule has 0 saturated heterocycles. The molecule has 4 nitrogen and oxygen atoms in total. The van der Waals surface area contributed by atoms with Crippen LogP contribution < -0.4 is 0 Å². The van der Waals surface area contributed by atoms with Crippen LogP contribution in [0.1, 0.15) is 46.1 Å². The molecule has 2 heterocycles. The summed E-state index contributed by atoms with van der Waals surface area (Å²) < 4.78 is 4.94. The Morgan fingerprint density at radius 1 is 0.667 bits per heavy atom. The summed E-state index contributed by atoms with van der Waals surface area (Å²) in [6, 6.07) is 35.9. The molecule has 0 saturated carbocycles. The minimum absolute atomic E-state index is 0.154. The average molecular weight is 539 g/mol. The first kappa shape index (κ1) is 24.2. The Hall–Kier alpha value is -5.58. The number of hydrogen-bond donors (Lipinski definition) is 0. The highest BCUT2D eigenvalue weighted by atomic mass is 15.1. The Kier molecular flexibility index (Phi) is 5.49. The maximum Gasteiger partial charge on any atom is 0.0991 e. The van der Waals surface area contributed by atoms with Crippen LogP contribution in [-0.2, 0) is 12.8 Å². The summed E-state index contributed by atoms with van der Waals surface area (Å²) in [5, 5.41) is 21.5. The van der Waals surface area contributed by atoms with Crippen molar-refractivity contribution in [3.8, 4) is 29.0 Å². The number of aromatic nitrogens is 2. The van der Waals surface area contributed by atoms with E-state index >= 15 is 0 Å². The Morgan fingerprint density at radius 3 is 2.33 bits per heavy atom. The molecule has 6 aromatic rings. The lowest BCUT2D eigenvalue weighted by molar-refractivity contribution is 0.579. The SMILES string of the molecule is N#Cc1cccc(-c2cccc(-n3c4c(c5ccccc53)C=CC(n3c5c(c6cc(C#N)ccc63)C=CCC5)C4)c2)c1. The van der Waals surface area contributed by atoms with Gasteiger partial charge >= 0.3 is 0 Å². The van der Waals surface area contributed by atoms with Crippen molar-refractivity contribution in [3.63, 3.8) is 0 Å². The van der Waals surface area contributed by atoms with Crippen LogP contribution in [0.4, 0.5) is 0 Å². The summed E-state index contributed by atoms with van der Waals surface area (Å²) in [6.45, 7) is 0. The molecule has 0 N–H and O–H groups in total. The zero-order valence-corrected chi connectivity index (χ0v) is 23.0. The third-order valence-corrected chi connectivity index (χ3v) is 8.77. The van der Waals surface area contributed by atoms with E-state index in [4.69, 9.17) is 0 Å². The maximum atomic E-state index is 9.59. The van der Waals surface area contributed by atoms with Gasteiger partial charge in [-0.15, -0.1) is 0 Å². The lowest BCUT2D eigenvalue weighted by Gasteiger charge is -2.25. The van der Waals surface area contributed by atoms with Crippen LogP contribution in [-0.4, -0.2) is 9.13 Å². The van der Waals surface area contributed by atoms with Crippen molar-refractivity contribution in [2.75, 3.05) is 0 Å². The molecule has 0 bridgehead atoms. The van der Waals surface area contributed by atoms with Crippen LogP contribution in [0.25, 0.3) is 50.8 Å². The predicted octanol–water partition coefficient (Wildman–Crippen LogP) is 8.77. The van der Waals surface area contributed by atoms with Crippen molar-refractivity contribution < 1.29 is 0 Å². The average Bonchev–Trinajstić information content (AvgIpc) is 3.57. The molecule has 198 valence electrons. The first-order valence-electron chi connectivity index (χ1n) is 14.4. The summed E-state index contributed by atoms with van der Waals surface area (Å²) in [5.41, 5.74) is 12.1. The molecule has 1 unspecified atom stereocenters.